The third-order valence-corrected chi connectivity index (χ3v) is 5.06. The molecule has 2 aliphatic rings. The average molecular weight is 238 g/mol. The first-order chi connectivity index (χ1) is 8.22. The van der Waals surface area contributed by atoms with Crippen molar-refractivity contribution < 1.29 is 0 Å². The van der Waals surface area contributed by atoms with Crippen LogP contribution in [-0.2, 0) is 0 Å². The Morgan fingerprint density at radius 3 is 2.59 bits per heavy atom. The van der Waals surface area contributed by atoms with Gasteiger partial charge in [0.2, 0.25) is 0 Å². The van der Waals surface area contributed by atoms with E-state index < -0.39 is 0 Å². The van der Waals surface area contributed by atoms with Crippen LogP contribution in [0.4, 0.5) is 0 Å². The summed E-state index contributed by atoms with van der Waals surface area (Å²) in [5.74, 6) is 0.909. The van der Waals surface area contributed by atoms with Crippen molar-refractivity contribution in [2.24, 2.45) is 5.92 Å². The summed E-state index contributed by atoms with van der Waals surface area (Å²) in [6.07, 6.45) is 9.92. The van der Waals surface area contributed by atoms with E-state index >= 15 is 0 Å². The lowest BCUT2D eigenvalue weighted by Crippen LogP contribution is -2.44. The number of rotatable bonds is 4. The third kappa shape index (κ3) is 3.23. The van der Waals surface area contributed by atoms with Crippen LogP contribution in [0.5, 0.6) is 0 Å². The molecule has 0 saturated heterocycles. The Labute approximate surface area is 107 Å². The van der Waals surface area contributed by atoms with Gasteiger partial charge in [-0.1, -0.05) is 26.7 Å². The molecule has 0 bridgehead atoms. The molecular formula is C15H30N2. The van der Waals surface area contributed by atoms with Crippen molar-refractivity contribution in [1.29, 1.82) is 0 Å². The highest BCUT2D eigenvalue weighted by Gasteiger charge is 2.33. The first-order valence-electron chi connectivity index (χ1n) is 7.67. The fourth-order valence-corrected chi connectivity index (χ4v) is 3.97. The lowest BCUT2D eigenvalue weighted by Gasteiger charge is -2.39. The molecule has 2 nitrogen and oxygen atoms in total. The minimum Gasteiger partial charge on any atom is -0.314 e. The molecule has 1 N–H and O–H groups in total. The first kappa shape index (κ1) is 13.4. The standard InChI is InChI=1S/C15H30N2/c1-4-16-13-9-10-14(11-13)17(3)15-8-6-5-7-12(15)2/h12-16H,4-11H2,1-3H3. The maximum Gasteiger partial charge on any atom is 0.0121 e. The number of nitrogens with zero attached hydrogens (tertiary/aromatic N) is 1. The van der Waals surface area contributed by atoms with Crippen molar-refractivity contribution in [3.63, 3.8) is 0 Å². The summed E-state index contributed by atoms with van der Waals surface area (Å²) in [4.78, 5) is 2.72. The Morgan fingerprint density at radius 2 is 1.88 bits per heavy atom. The van der Waals surface area contributed by atoms with Crippen molar-refractivity contribution in [2.45, 2.75) is 76.9 Å². The first-order valence-corrected chi connectivity index (χ1v) is 7.67. The van der Waals surface area contributed by atoms with E-state index in [1.807, 2.05) is 0 Å². The lowest BCUT2D eigenvalue weighted by atomic mass is 9.84. The minimum atomic E-state index is 0.784. The SMILES string of the molecule is CCNC1CCC(N(C)C2CCCCC2C)C1. The molecular weight excluding hydrogens is 208 g/mol. The van der Waals surface area contributed by atoms with E-state index in [1.54, 1.807) is 0 Å². The van der Waals surface area contributed by atoms with E-state index in [1.165, 1.54) is 44.9 Å². The zero-order valence-corrected chi connectivity index (χ0v) is 11.9. The highest BCUT2D eigenvalue weighted by Crippen LogP contribution is 2.32. The maximum atomic E-state index is 3.62. The molecule has 0 amide bonds. The summed E-state index contributed by atoms with van der Waals surface area (Å²) >= 11 is 0. The zero-order valence-electron chi connectivity index (χ0n) is 11.9. The lowest BCUT2D eigenvalue weighted by molar-refractivity contribution is 0.0975. The van der Waals surface area contributed by atoms with Crippen LogP contribution in [-0.4, -0.2) is 36.6 Å². The van der Waals surface area contributed by atoms with E-state index in [2.05, 4.69) is 31.1 Å². The molecule has 0 aromatic carbocycles. The van der Waals surface area contributed by atoms with Gasteiger partial charge in [0.25, 0.3) is 0 Å². The van der Waals surface area contributed by atoms with Crippen LogP contribution in [0.2, 0.25) is 0 Å². The van der Waals surface area contributed by atoms with E-state index in [-0.39, 0.29) is 0 Å². The Morgan fingerprint density at radius 1 is 1.12 bits per heavy atom. The van der Waals surface area contributed by atoms with Crippen molar-refractivity contribution in [3.05, 3.63) is 0 Å². The monoisotopic (exact) mass is 238 g/mol. The van der Waals surface area contributed by atoms with Gasteiger partial charge in [-0.15, -0.1) is 0 Å². The second-order valence-electron chi connectivity index (χ2n) is 6.22. The van der Waals surface area contributed by atoms with Gasteiger partial charge in [0.15, 0.2) is 0 Å². The van der Waals surface area contributed by atoms with Gasteiger partial charge in [0.1, 0.15) is 0 Å². The molecule has 2 fully saturated rings. The second kappa shape index (κ2) is 6.19. The van der Waals surface area contributed by atoms with Crippen molar-refractivity contribution in [3.8, 4) is 0 Å². The third-order valence-electron chi connectivity index (χ3n) is 5.06. The van der Waals surface area contributed by atoms with Gasteiger partial charge in [0.05, 0.1) is 0 Å². The van der Waals surface area contributed by atoms with Crippen molar-refractivity contribution in [2.75, 3.05) is 13.6 Å². The molecule has 0 aromatic rings. The fraction of sp³-hybridized carbons (Fsp3) is 1.00. The smallest absolute Gasteiger partial charge is 0.0121 e. The summed E-state index contributed by atoms with van der Waals surface area (Å²) in [6.45, 7) is 5.80. The van der Waals surface area contributed by atoms with E-state index in [0.29, 0.717) is 0 Å². The number of hydrogen-bond acceptors (Lipinski definition) is 2. The van der Waals surface area contributed by atoms with Gasteiger partial charge in [-0.3, -0.25) is 0 Å². The molecule has 0 heterocycles. The maximum absolute atomic E-state index is 3.62. The molecule has 0 aromatic heterocycles. The molecule has 0 aliphatic heterocycles. The Balaban J connectivity index is 1.85. The molecule has 4 atom stereocenters. The predicted octanol–water partition coefficient (Wildman–Crippen LogP) is 3.03. The Bertz CT molecular complexity index is 229. The van der Waals surface area contributed by atoms with E-state index in [0.717, 1.165) is 30.6 Å². The van der Waals surface area contributed by atoms with Crippen LogP contribution in [0.15, 0.2) is 0 Å². The Kier molecular flexibility index (Phi) is 4.87. The van der Waals surface area contributed by atoms with Gasteiger partial charge in [0, 0.05) is 18.1 Å². The average Bonchev–Trinajstić information content (AvgIpc) is 2.78. The van der Waals surface area contributed by atoms with Crippen LogP contribution in [0.1, 0.15) is 58.8 Å². The number of nitrogens with one attached hydrogen (secondary N) is 1. The molecule has 100 valence electrons. The van der Waals surface area contributed by atoms with Gasteiger partial charge in [-0.05, 0) is 51.6 Å². The molecule has 2 saturated carbocycles. The quantitative estimate of drug-likeness (QED) is 0.810. The van der Waals surface area contributed by atoms with Crippen LogP contribution < -0.4 is 5.32 Å². The van der Waals surface area contributed by atoms with Gasteiger partial charge < -0.3 is 10.2 Å². The van der Waals surface area contributed by atoms with E-state index in [4.69, 9.17) is 0 Å². The summed E-state index contributed by atoms with van der Waals surface area (Å²) in [6, 6.07) is 2.48. The largest absolute Gasteiger partial charge is 0.314 e. The highest BCUT2D eigenvalue weighted by atomic mass is 15.2. The zero-order chi connectivity index (χ0) is 12.3. The van der Waals surface area contributed by atoms with Gasteiger partial charge in [-0.25, -0.2) is 0 Å². The predicted molar refractivity (Wildman–Crippen MR) is 74.3 cm³/mol. The van der Waals surface area contributed by atoms with Crippen molar-refractivity contribution >= 4 is 0 Å². The summed E-state index contributed by atoms with van der Waals surface area (Å²) in [5.41, 5.74) is 0. The summed E-state index contributed by atoms with van der Waals surface area (Å²) in [7, 11) is 2.38. The Hall–Kier alpha value is -0.0800. The molecule has 2 rings (SSSR count). The molecule has 0 spiro atoms. The van der Waals surface area contributed by atoms with Crippen LogP contribution >= 0.6 is 0 Å². The molecule has 17 heavy (non-hydrogen) atoms. The van der Waals surface area contributed by atoms with Gasteiger partial charge in [-0.2, -0.15) is 0 Å². The van der Waals surface area contributed by atoms with Crippen LogP contribution in [0.25, 0.3) is 0 Å². The highest BCUT2D eigenvalue weighted by molar-refractivity contribution is 4.90. The topological polar surface area (TPSA) is 15.3 Å². The fourth-order valence-electron chi connectivity index (χ4n) is 3.97. The van der Waals surface area contributed by atoms with E-state index in [9.17, 15) is 0 Å². The van der Waals surface area contributed by atoms with Crippen molar-refractivity contribution in [1.82, 2.24) is 10.2 Å². The summed E-state index contributed by atoms with van der Waals surface area (Å²) in [5, 5.41) is 3.62. The molecule has 0 radical (unpaired) electrons. The molecule has 4 unspecified atom stereocenters. The van der Waals surface area contributed by atoms with Crippen LogP contribution in [0, 0.1) is 5.92 Å². The number of hydrogen-bond donors (Lipinski definition) is 1. The normalized spacial score (nSPS) is 38.8. The van der Waals surface area contributed by atoms with Gasteiger partial charge >= 0.3 is 0 Å². The molecule has 2 aliphatic carbocycles. The second-order valence-corrected chi connectivity index (χ2v) is 6.22. The molecule has 2 heteroatoms. The minimum absolute atomic E-state index is 0.784. The summed E-state index contributed by atoms with van der Waals surface area (Å²) < 4.78 is 0. The van der Waals surface area contributed by atoms with Crippen LogP contribution in [0.3, 0.4) is 0 Å².